The molecule has 2 aromatic carbocycles. The molecule has 0 N–H and O–H groups in total. The Hall–Kier alpha value is -2.49. The van der Waals surface area contributed by atoms with Crippen LogP contribution < -0.4 is 4.74 Å². The first-order valence-electron chi connectivity index (χ1n) is 8.06. The summed E-state index contributed by atoms with van der Waals surface area (Å²) in [7, 11) is 0. The lowest BCUT2D eigenvalue weighted by molar-refractivity contribution is 0.311. The number of fused-ring (bicyclic) bond motifs is 1. The van der Waals surface area contributed by atoms with Crippen LogP contribution in [-0.4, -0.2) is 16.6 Å². The molecule has 1 aromatic heterocycles. The lowest BCUT2D eigenvalue weighted by Crippen LogP contribution is -2.12. The molecule has 0 unspecified atom stereocenters. The van der Waals surface area contributed by atoms with Gasteiger partial charge in [0.2, 0.25) is 5.88 Å². The molecule has 0 atom stereocenters. The van der Waals surface area contributed by atoms with Crippen molar-refractivity contribution in [3.05, 3.63) is 65.7 Å². The number of hydrogen-bond donors (Lipinski definition) is 0. The van der Waals surface area contributed by atoms with Crippen LogP contribution in [0.25, 0.3) is 10.9 Å². The predicted molar refractivity (Wildman–Crippen MR) is 93.8 cm³/mol. The molecule has 124 valence electrons. The van der Waals surface area contributed by atoms with Gasteiger partial charge in [0.05, 0.1) is 17.5 Å². The molecule has 0 radical (unpaired) electrons. The summed E-state index contributed by atoms with van der Waals surface area (Å²) in [5.74, 6) is 0.353. The second-order valence-electron chi connectivity index (χ2n) is 6.85. The lowest BCUT2D eigenvalue weighted by Gasteiger charge is -2.19. The van der Waals surface area contributed by atoms with Gasteiger partial charge in [-0.2, -0.15) is 0 Å². The van der Waals surface area contributed by atoms with E-state index in [0.717, 1.165) is 16.5 Å². The first kappa shape index (κ1) is 16.4. The molecule has 4 heteroatoms. The summed E-state index contributed by atoms with van der Waals surface area (Å²) < 4.78 is 20.0. The van der Waals surface area contributed by atoms with E-state index < -0.39 is 0 Å². The van der Waals surface area contributed by atoms with Crippen LogP contribution in [0, 0.1) is 5.82 Å². The number of rotatable bonds is 4. The molecule has 3 rings (SSSR count). The van der Waals surface area contributed by atoms with Crippen LogP contribution in [-0.2, 0) is 11.8 Å². The molecule has 0 amide bonds. The highest BCUT2D eigenvalue weighted by molar-refractivity contribution is 5.82. The first-order valence-corrected chi connectivity index (χ1v) is 8.06. The zero-order valence-electron chi connectivity index (χ0n) is 14.2. The van der Waals surface area contributed by atoms with Gasteiger partial charge in [-0.1, -0.05) is 45.0 Å². The smallest absolute Gasteiger partial charge is 0.224 e. The van der Waals surface area contributed by atoms with Crippen LogP contribution in [0.3, 0.4) is 0 Å². The fraction of sp³-hybridized carbons (Fsp3) is 0.300. The van der Waals surface area contributed by atoms with Crippen molar-refractivity contribution in [3.8, 4) is 5.88 Å². The number of aromatic nitrogens is 2. The van der Waals surface area contributed by atoms with Gasteiger partial charge in [-0.25, -0.2) is 14.4 Å². The topological polar surface area (TPSA) is 35.0 Å². The molecular formula is C20H21FN2O. The van der Waals surface area contributed by atoms with E-state index in [1.165, 1.54) is 6.33 Å². The Labute approximate surface area is 141 Å². The highest BCUT2D eigenvalue weighted by Crippen LogP contribution is 2.25. The molecule has 0 spiro atoms. The summed E-state index contributed by atoms with van der Waals surface area (Å²) in [6, 6.07) is 13.1. The minimum Gasteiger partial charge on any atom is -0.477 e. The summed E-state index contributed by atoms with van der Waals surface area (Å²) in [4.78, 5) is 8.38. The molecule has 0 bridgehead atoms. The quantitative estimate of drug-likeness (QED) is 0.699. The van der Waals surface area contributed by atoms with Crippen LogP contribution in [0.4, 0.5) is 4.39 Å². The summed E-state index contributed by atoms with van der Waals surface area (Å²) in [6.45, 7) is 6.59. The normalized spacial score (nSPS) is 11.7. The van der Waals surface area contributed by atoms with Crippen molar-refractivity contribution in [3.63, 3.8) is 0 Å². The van der Waals surface area contributed by atoms with Crippen molar-refractivity contribution in [2.45, 2.75) is 32.6 Å². The molecule has 0 saturated heterocycles. The van der Waals surface area contributed by atoms with Gasteiger partial charge in [-0.05, 0) is 34.7 Å². The fourth-order valence-corrected chi connectivity index (χ4v) is 2.57. The Morgan fingerprint density at radius 3 is 2.58 bits per heavy atom. The van der Waals surface area contributed by atoms with Crippen LogP contribution >= 0.6 is 0 Å². The molecule has 24 heavy (non-hydrogen) atoms. The summed E-state index contributed by atoms with van der Waals surface area (Å²) in [6.07, 6.45) is 1.98. The second-order valence-corrected chi connectivity index (χ2v) is 6.85. The summed E-state index contributed by atoms with van der Waals surface area (Å²) >= 11 is 0. The van der Waals surface area contributed by atoms with Crippen molar-refractivity contribution < 1.29 is 9.13 Å². The van der Waals surface area contributed by atoms with Crippen molar-refractivity contribution in [1.82, 2.24) is 9.97 Å². The van der Waals surface area contributed by atoms with Gasteiger partial charge < -0.3 is 4.74 Å². The highest BCUT2D eigenvalue weighted by Gasteiger charge is 2.15. The lowest BCUT2D eigenvalue weighted by atomic mass is 9.86. The maximum atomic E-state index is 14.3. The van der Waals surface area contributed by atoms with Gasteiger partial charge in [-0.3, -0.25) is 0 Å². The molecule has 0 aliphatic heterocycles. The Morgan fingerprint density at radius 2 is 1.83 bits per heavy atom. The largest absolute Gasteiger partial charge is 0.477 e. The van der Waals surface area contributed by atoms with Gasteiger partial charge in [-0.15, -0.1) is 0 Å². The number of para-hydroxylation sites is 1. The van der Waals surface area contributed by atoms with Gasteiger partial charge >= 0.3 is 0 Å². The van der Waals surface area contributed by atoms with Crippen LogP contribution in [0.2, 0.25) is 0 Å². The van der Waals surface area contributed by atoms with E-state index in [-0.39, 0.29) is 11.2 Å². The average Bonchev–Trinajstić information content (AvgIpc) is 2.55. The molecule has 0 saturated carbocycles. The summed E-state index contributed by atoms with van der Waals surface area (Å²) in [5.41, 5.74) is 2.42. The number of hydrogen-bond acceptors (Lipinski definition) is 3. The van der Waals surface area contributed by atoms with E-state index in [0.29, 0.717) is 24.5 Å². The monoisotopic (exact) mass is 323 g/mol. The zero-order valence-corrected chi connectivity index (χ0v) is 14.2. The third-order valence-electron chi connectivity index (χ3n) is 4.04. The Balaban J connectivity index is 1.70. The molecule has 1 heterocycles. The standard InChI is InChI=1S/C20H21FN2O/c1-20(2,3)15-9-8-14(17(21)12-15)10-11-24-19-16-6-4-5-7-18(16)22-13-23-19/h4-9,12-13H,10-11H2,1-3H3/i21-1. The Kier molecular flexibility index (Phi) is 4.47. The van der Waals surface area contributed by atoms with E-state index in [1.54, 1.807) is 6.07 Å². The van der Waals surface area contributed by atoms with E-state index in [9.17, 15) is 4.39 Å². The van der Waals surface area contributed by atoms with Gasteiger partial charge in [0.25, 0.3) is 0 Å². The number of benzene rings is 2. The number of nitrogens with zero attached hydrogens (tertiary/aromatic N) is 2. The highest BCUT2D eigenvalue weighted by atomic mass is 18.2. The van der Waals surface area contributed by atoms with Gasteiger partial charge in [0, 0.05) is 6.42 Å². The minimum atomic E-state index is -0.182. The van der Waals surface area contributed by atoms with E-state index >= 15 is 0 Å². The third kappa shape index (κ3) is 3.53. The molecule has 0 aliphatic rings. The Morgan fingerprint density at radius 1 is 1.04 bits per heavy atom. The SMILES string of the molecule is CC(C)(C)c1ccc(CCOc2ncnc3ccccc23)c([18F])c1. The average molecular weight is 323 g/mol. The van der Waals surface area contributed by atoms with E-state index in [2.05, 4.69) is 30.7 Å². The number of ether oxygens (including phenoxy) is 1. The summed E-state index contributed by atoms with van der Waals surface area (Å²) in [5, 5.41) is 0.864. The van der Waals surface area contributed by atoms with Crippen molar-refractivity contribution in [2.24, 2.45) is 0 Å². The third-order valence-corrected chi connectivity index (χ3v) is 4.04. The van der Waals surface area contributed by atoms with Crippen LogP contribution in [0.5, 0.6) is 5.88 Å². The number of halogens is 1. The molecule has 3 nitrogen and oxygen atoms in total. The van der Waals surface area contributed by atoms with Crippen molar-refractivity contribution >= 4 is 10.9 Å². The molecular weight excluding hydrogens is 302 g/mol. The van der Waals surface area contributed by atoms with Gasteiger partial charge in [0.15, 0.2) is 0 Å². The van der Waals surface area contributed by atoms with E-state index in [4.69, 9.17) is 4.74 Å². The Bertz CT molecular complexity index is 850. The van der Waals surface area contributed by atoms with Crippen molar-refractivity contribution in [2.75, 3.05) is 6.61 Å². The van der Waals surface area contributed by atoms with E-state index in [1.807, 2.05) is 36.4 Å². The van der Waals surface area contributed by atoms with Gasteiger partial charge in [0.1, 0.15) is 12.1 Å². The van der Waals surface area contributed by atoms with Crippen LogP contribution in [0.1, 0.15) is 31.9 Å². The molecule has 0 fully saturated rings. The molecule has 3 aromatic rings. The minimum absolute atomic E-state index is 0.0598. The maximum absolute atomic E-state index is 14.3. The molecule has 0 aliphatic carbocycles. The maximum Gasteiger partial charge on any atom is 0.224 e. The first-order chi connectivity index (χ1) is 11.4. The second kappa shape index (κ2) is 6.56. The fourth-order valence-electron chi connectivity index (χ4n) is 2.57. The van der Waals surface area contributed by atoms with Crippen LogP contribution in [0.15, 0.2) is 48.8 Å². The van der Waals surface area contributed by atoms with Crippen molar-refractivity contribution in [1.29, 1.82) is 0 Å². The zero-order chi connectivity index (χ0) is 17.2. The predicted octanol–water partition coefficient (Wildman–Crippen LogP) is 4.69.